The number of carbonyl (C=O) groups is 8. The molecule has 4 aliphatic rings. The predicted octanol–water partition coefficient (Wildman–Crippen LogP) is 8.50. The molecule has 88 heavy (non-hydrogen) atoms. The first-order chi connectivity index (χ1) is 42.5. The summed E-state index contributed by atoms with van der Waals surface area (Å²) in [7, 11) is 1.73. The predicted molar refractivity (Wildman–Crippen MR) is 344 cm³/mol. The van der Waals surface area contributed by atoms with Crippen molar-refractivity contribution in [2.24, 2.45) is 17.8 Å². The molecule has 17 heteroatoms. The van der Waals surface area contributed by atoms with Gasteiger partial charge in [0.25, 0.3) is 11.8 Å². The summed E-state index contributed by atoms with van der Waals surface area (Å²) in [6.45, 7) is 10.7. The van der Waals surface area contributed by atoms with Crippen LogP contribution in [0.5, 0.6) is 0 Å². The van der Waals surface area contributed by atoms with Crippen molar-refractivity contribution in [1.82, 2.24) is 46.2 Å². The van der Waals surface area contributed by atoms with Crippen molar-refractivity contribution in [3.8, 4) is 11.1 Å². The fourth-order valence-corrected chi connectivity index (χ4v) is 13.7. The fourth-order valence-electron chi connectivity index (χ4n) is 13.7. The molecule has 0 unspecified atom stereocenters. The van der Waals surface area contributed by atoms with Crippen LogP contribution < -0.4 is 26.6 Å². The van der Waals surface area contributed by atoms with Crippen LogP contribution in [0.25, 0.3) is 11.1 Å². The summed E-state index contributed by atoms with van der Waals surface area (Å²) < 4.78 is 0. The average Bonchev–Trinajstić information content (AvgIpc) is 1.67. The summed E-state index contributed by atoms with van der Waals surface area (Å²) in [5, 5.41) is 15.5. The lowest BCUT2D eigenvalue weighted by molar-refractivity contribution is -0.143. The number of hydrogen-bond acceptors (Lipinski definition) is 9. The van der Waals surface area contributed by atoms with Crippen LogP contribution in [0.4, 0.5) is 0 Å². The minimum absolute atomic E-state index is 0.0127. The van der Waals surface area contributed by atoms with Crippen molar-refractivity contribution in [3.63, 3.8) is 0 Å². The van der Waals surface area contributed by atoms with E-state index in [1.54, 1.807) is 14.0 Å². The van der Waals surface area contributed by atoms with Crippen LogP contribution in [0, 0.1) is 17.8 Å². The van der Waals surface area contributed by atoms with E-state index in [1.165, 1.54) is 13.8 Å². The number of nitrogens with one attached hydrogen (secondary N) is 5. The third kappa shape index (κ3) is 18.6. The summed E-state index contributed by atoms with van der Waals surface area (Å²) >= 11 is 0. The molecule has 8 rings (SSSR count). The van der Waals surface area contributed by atoms with Gasteiger partial charge in [0.05, 0.1) is 12.1 Å². The molecule has 17 nitrogen and oxygen atoms in total. The van der Waals surface area contributed by atoms with Gasteiger partial charge in [0.2, 0.25) is 35.4 Å². The highest BCUT2D eigenvalue weighted by Gasteiger charge is 2.42. The van der Waals surface area contributed by atoms with Gasteiger partial charge in [-0.1, -0.05) is 137 Å². The minimum Gasteiger partial charge on any atom is -0.353 e. The van der Waals surface area contributed by atoms with Gasteiger partial charge in [-0.2, -0.15) is 0 Å². The van der Waals surface area contributed by atoms with Crippen molar-refractivity contribution in [1.29, 1.82) is 0 Å². The van der Waals surface area contributed by atoms with Crippen LogP contribution in [-0.2, 0) is 41.6 Å². The van der Waals surface area contributed by atoms with Crippen molar-refractivity contribution in [2.75, 3.05) is 46.3 Å². The molecule has 2 saturated carbocycles. The van der Waals surface area contributed by atoms with E-state index in [4.69, 9.17) is 0 Å². The first-order valence-corrected chi connectivity index (χ1v) is 32.8. The van der Waals surface area contributed by atoms with Gasteiger partial charge in [-0.25, -0.2) is 0 Å². The van der Waals surface area contributed by atoms with E-state index >= 15 is 0 Å². The molecule has 0 aromatic heterocycles. The van der Waals surface area contributed by atoms with Gasteiger partial charge in [0.1, 0.15) is 12.1 Å². The summed E-state index contributed by atoms with van der Waals surface area (Å²) in [6.07, 6.45) is 13.4. The Labute approximate surface area is 522 Å². The van der Waals surface area contributed by atoms with Crippen LogP contribution in [0.1, 0.15) is 163 Å². The molecule has 2 heterocycles. The average molecular weight is 1200 g/mol. The molecule has 0 spiro atoms. The van der Waals surface area contributed by atoms with E-state index in [0.29, 0.717) is 88.8 Å². The lowest BCUT2D eigenvalue weighted by atomic mass is 9.82. The highest BCUT2D eigenvalue weighted by Crippen LogP contribution is 2.33. The van der Waals surface area contributed by atoms with Crippen LogP contribution in [0.15, 0.2) is 109 Å². The Kier molecular flexibility index (Phi) is 24.7. The summed E-state index contributed by atoms with van der Waals surface area (Å²) in [5.41, 5.74) is 4.85. The van der Waals surface area contributed by atoms with E-state index in [2.05, 4.69) is 38.7 Å². The molecule has 4 aromatic carbocycles. The van der Waals surface area contributed by atoms with Crippen LogP contribution in [-0.4, -0.2) is 155 Å². The normalized spacial score (nSPS) is 20.2. The number of hydrogen-bond donors (Lipinski definition) is 5. The first-order valence-electron chi connectivity index (χ1n) is 32.8. The summed E-state index contributed by atoms with van der Waals surface area (Å²) in [4.78, 5) is 119. The molecule has 2 aliphatic carbocycles. The molecule has 5 N–H and O–H groups in total. The van der Waals surface area contributed by atoms with Gasteiger partial charge in [-0.05, 0) is 143 Å². The van der Waals surface area contributed by atoms with E-state index in [1.807, 2.05) is 131 Å². The zero-order valence-electron chi connectivity index (χ0n) is 53.0. The fraction of sp³-hybridized carbons (Fsp3) is 0.549. The number of nitrogens with zero attached hydrogens (tertiary/aromatic N) is 4. The number of amides is 8. The Morgan fingerprint density at radius 1 is 0.500 bits per heavy atom. The Hall–Kier alpha value is -7.40. The number of piperidine rings is 2. The number of benzene rings is 4. The summed E-state index contributed by atoms with van der Waals surface area (Å²) in [5.74, 6) is -1.48. The van der Waals surface area contributed by atoms with Crippen LogP contribution in [0.3, 0.4) is 0 Å². The number of likely N-dealkylation sites (N-methyl/N-ethyl adjacent to an activating group) is 1. The van der Waals surface area contributed by atoms with E-state index in [0.717, 1.165) is 86.5 Å². The van der Waals surface area contributed by atoms with E-state index in [9.17, 15) is 38.4 Å². The first kappa shape index (κ1) is 66.6. The molecule has 0 bridgehead atoms. The van der Waals surface area contributed by atoms with Gasteiger partial charge in [0.15, 0.2) is 0 Å². The Bertz CT molecular complexity index is 2950. The third-order valence-corrected chi connectivity index (χ3v) is 18.9. The maximum absolute atomic E-state index is 15.0. The Balaban J connectivity index is 1.01. The second-order valence-corrected chi connectivity index (χ2v) is 25.6. The number of carbonyl (C=O) groups excluding carboxylic acids is 8. The third-order valence-electron chi connectivity index (χ3n) is 18.9. The molecule has 0 radical (unpaired) electrons. The lowest BCUT2D eigenvalue weighted by Crippen LogP contribution is -2.61. The van der Waals surface area contributed by atoms with Gasteiger partial charge >= 0.3 is 0 Å². The quantitative estimate of drug-likeness (QED) is 0.0430. The molecular weight excluding hydrogens is 1110 g/mol. The zero-order valence-corrected chi connectivity index (χ0v) is 53.0. The monoisotopic (exact) mass is 1200 g/mol. The van der Waals surface area contributed by atoms with Crippen molar-refractivity contribution < 1.29 is 38.4 Å². The highest BCUT2D eigenvalue weighted by molar-refractivity contribution is 5.96. The smallest absolute Gasteiger partial charge is 0.253 e. The highest BCUT2D eigenvalue weighted by atomic mass is 16.2. The second-order valence-electron chi connectivity index (χ2n) is 25.6. The molecule has 4 fully saturated rings. The molecular formula is C71H97N9O8. The number of likely N-dealkylation sites (tertiary alicyclic amines) is 2. The minimum atomic E-state index is -0.677. The van der Waals surface area contributed by atoms with Gasteiger partial charge in [-0.3, -0.25) is 38.4 Å². The standard InChI is InChI=1S/C71H97N9O8/c1-48(2)66(83)75-64(56-23-15-9-16-24-56)71(88)80-44-38-61(74-51(5)82)46-63(80)47-78(41-36-53-21-13-8-14-22-53)69(86)59-33-29-55(30-34-59)54-27-31-58(32-28-54)68(85)77(40-35-52-19-11-7-12-20-52)42-39-62-45-60(73-50(4)81)37-43-79(62)70(87)65(57-25-17-10-18-26-57)76-67(84)49(3)72-6/h7-8,11-14,19-22,27-34,48-49,56-57,60-65,72H,9-10,15-18,23-26,35-47H2,1-6H3,(H,73,81)(H,74,82)(H,75,83)(H,76,84)/t49-,60+,61+,62+,63-,64-,65-/m0/s1. The van der Waals surface area contributed by atoms with Crippen LogP contribution >= 0.6 is 0 Å². The zero-order chi connectivity index (χ0) is 62.7. The SMILES string of the molecule is CN[C@@H](C)C(=O)N[C@H](C(=O)N1CC[C@@H](NC(C)=O)C[C@H]1CCN(CCc1ccccc1)C(=O)c1ccc(-c2ccc(C(=O)N(CCc3ccccc3)C[C@@H]3C[C@H](NC(C)=O)CCN3C(=O)[C@@H](NC(=O)C(C)C)C3CCCCC3)cc2)cc1)C1CCCCC1. The molecule has 4 aromatic rings. The maximum atomic E-state index is 15.0. The van der Waals surface area contributed by atoms with Gasteiger partial charge in [0, 0.05) is 88.3 Å². The summed E-state index contributed by atoms with van der Waals surface area (Å²) in [6, 6.07) is 32.2. The van der Waals surface area contributed by atoms with Crippen molar-refractivity contribution in [2.45, 2.75) is 186 Å². The largest absolute Gasteiger partial charge is 0.353 e. The van der Waals surface area contributed by atoms with Crippen LogP contribution in [0.2, 0.25) is 0 Å². The second kappa shape index (κ2) is 32.7. The molecule has 474 valence electrons. The van der Waals surface area contributed by atoms with E-state index in [-0.39, 0.29) is 89.7 Å². The van der Waals surface area contributed by atoms with Gasteiger partial charge in [-0.15, -0.1) is 0 Å². The maximum Gasteiger partial charge on any atom is 0.253 e. The Morgan fingerprint density at radius 2 is 0.920 bits per heavy atom. The molecule has 2 aliphatic heterocycles. The van der Waals surface area contributed by atoms with Crippen molar-refractivity contribution in [3.05, 3.63) is 131 Å². The molecule has 2 saturated heterocycles. The van der Waals surface area contributed by atoms with E-state index < -0.39 is 24.2 Å². The molecule has 7 atom stereocenters. The number of rotatable bonds is 25. The topological polar surface area (TPSA) is 210 Å². The van der Waals surface area contributed by atoms with Crippen molar-refractivity contribution >= 4 is 47.3 Å². The lowest BCUT2D eigenvalue weighted by Gasteiger charge is -2.44. The Morgan fingerprint density at radius 3 is 1.36 bits per heavy atom. The van der Waals surface area contributed by atoms with Gasteiger partial charge < -0.3 is 46.2 Å². The molecule has 8 amide bonds.